The van der Waals surface area contributed by atoms with Crippen LogP contribution in [0.1, 0.15) is 35.7 Å². The van der Waals surface area contributed by atoms with Crippen LogP contribution in [0.5, 0.6) is 0 Å². The molecular weight excluding hydrogens is 352 g/mol. The zero-order chi connectivity index (χ0) is 19.9. The molecule has 0 aliphatic heterocycles. The van der Waals surface area contributed by atoms with E-state index in [0.717, 1.165) is 11.3 Å². The molecule has 0 fully saturated rings. The third-order valence-electron chi connectivity index (χ3n) is 4.61. The van der Waals surface area contributed by atoms with Gasteiger partial charge in [0.1, 0.15) is 0 Å². The second kappa shape index (κ2) is 9.04. The summed E-state index contributed by atoms with van der Waals surface area (Å²) in [5.41, 5.74) is 2.51. The van der Waals surface area contributed by atoms with Gasteiger partial charge in [-0.05, 0) is 54.8 Å². The van der Waals surface area contributed by atoms with Crippen LogP contribution in [0, 0.1) is 0 Å². The Kier molecular flexibility index (Phi) is 6.27. The standard InChI is InChI=1S/C23H24N2O3/c1-17(19-8-4-3-5-9-19)16-24-22(26)18(2)28-23(27)20-10-12-21(13-11-20)25-14-6-7-15-25/h3-15,17-18H,16H2,1-2H3,(H,24,26)/t17-,18+/m0/s1. The van der Waals surface area contributed by atoms with Crippen molar-refractivity contribution in [2.75, 3.05) is 6.54 Å². The van der Waals surface area contributed by atoms with E-state index in [1.807, 2.05) is 78.5 Å². The molecule has 0 radical (unpaired) electrons. The molecule has 1 heterocycles. The smallest absolute Gasteiger partial charge is 0.338 e. The Morgan fingerprint density at radius 3 is 2.21 bits per heavy atom. The predicted molar refractivity (Wildman–Crippen MR) is 109 cm³/mol. The molecule has 2 atom stereocenters. The average molecular weight is 376 g/mol. The van der Waals surface area contributed by atoms with Crippen molar-refractivity contribution in [2.24, 2.45) is 0 Å². The summed E-state index contributed by atoms with van der Waals surface area (Å²) in [4.78, 5) is 24.6. The fraction of sp³-hybridized carbons (Fsp3) is 0.217. The summed E-state index contributed by atoms with van der Waals surface area (Å²) < 4.78 is 7.25. The minimum atomic E-state index is -0.861. The van der Waals surface area contributed by atoms with Crippen LogP contribution < -0.4 is 5.32 Å². The second-order valence-electron chi connectivity index (χ2n) is 6.74. The first-order chi connectivity index (χ1) is 13.5. The first kappa shape index (κ1) is 19.4. The van der Waals surface area contributed by atoms with Gasteiger partial charge < -0.3 is 14.6 Å². The number of amides is 1. The van der Waals surface area contributed by atoms with E-state index in [2.05, 4.69) is 5.32 Å². The van der Waals surface area contributed by atoms with Crippen LogP contribution in [0.15, 0.2) is 79.1 Å². The Morgan fingerprint density at radius 1 is 0.929 bits per heavy atom. The molecule has 0 saturated carbocycles. The first-order valence-electron chi connectivity index (χ1n) is 9.31. The molecule has 0 aliphatic rings. The molecule has 144 valence electrons. The number of benzene rings is 2. The van der Waals surface area contributed by atoms with Crippen molar-refractivity contribution >= 4 is 11.9 Å². The van der Waals surface area contributed by atoms with Crippen LogP contribution in [0.25, 0.3) is 5.69 Å². The number of hydrogen-bond donors (Lipinski definition) is 1. The molecule has 3 aromatic rings. The van der Waals surface area contributed by atoms with Crippen molar-refractivity contribution in [2.45, 2.75) is 25.9 Å². The highest BCUT2D eigenvalue weighted by Gasteiger charge is 2.19. The van der Waals surface area contributed by atoms with Gasteiger partial charge in [-0.2, -0.15) is 0 Å². The summed E-state index contributed by atoms with van der Waals surface area (Å²) >= 11 is 0. The molecule has 1 N–H and O–H groups in total. The van der Waals surface area contributed by atoms with Crippen molar-refractivity contribution in [3.05, 3.63) is 90.3 Å². The third kappa shape index (κ3) is 4.88. The zero-order valence-electron chi connectivity index (χ0n) is 16.0. The van der Waals surface area contributed by atoms with Crippen LogP contribution in [-0.2, 0) is 9.53 Å². The predicted octanol–water partition coefficient (Wildman–Crippen LogP) is 3.94. The molecule has 1 aromatic heterocycles. The maximum atomic E-state index is 12.3. The van der Waals surface area contributed by atoms with Crippen molar-refractivity contribution < 1.29 is 14.3 Å². The van der Waals surface area contributed by atoms with Crippen LogP contribution >= 0.6 is 0 Å². The van der Waals surface area contributed by atoms with Gasteiger partial charge >= 0.3 is 5.97 Å². The lowest BCUT2D eigenvalue weighted by Crippen LogP contribution is -2.37. The minimum absolute atomic E-state index is 0.175. The fourth-order valence-electron chi connectivity index (χ4n) is 2.86. The number of ether oxygens (including phenoxy) is 1. The van der Waals surface area contributed by atoms with Crippen LogP contribution in [0.3, 0.4) is 0 Å². The first-order valence-corrected chi connectivity index (χ1v) is 9.31. The maximum absolute atomic E-state index is 12.3. The summed E-state index contributed by atoms with van der Waals surface area (Å²) in [6.07, 6.45) is 2.99. The van der Waals surface area contributed by atoms with E-state index in [4.69, 9.17) is 4.74 Å². The Labute approximate surface area is 165 Å². The van der Waals surface area contributed by atoms with Gasteiger partial charge in [-0.25, -0.2) is 4.79 Å². The fourth-order valence-corrected chi connectivity index (χ4v) is 2.86. The molecule has 28 heavy (non-hydrogen) atoms. The van der Waals surface area contributed by atoms with Crippen molar-refractivity contribution in [1.82, 2.24) is 9.88 Å². The van der Waals surface area contributed by atoms with E-state index < -0.39 is 12.1 Å². The summed E-state index contributed by atoms with van der Waals surface area (Å²) in [7, 11) is 0. The van der Waals surface area contributed by atoms with E-state index in [0.29, 0.717) is 12.1 Å². The Balaban J connectivity index is 1.51. The van der Waals surface area contributed by atoms with Gasteiger partial charge in [0.2, 0.25) is 0 Å². The number of hydrogen-bond acceptors (Lipinski definition) is 3. The lowest BCUT2D eigenvalue weighted by Gasteiger charge is -2.17. The monoisotopic (exact) mass is 376 g/mol. The van der Waals surface area contributed by atoms with Crippen LogP contribution in [-0.4, -0.2) is 29.1 Å². The topological polar surface area (TPSA) is 60.3 Å². The molecule has 5 nitrogen and oxygen atoms in total. The van der Waals surface area contributed by atoms with E-state index in [1.165, 1.54) is 0 Å². The van der Waals surface area contributed by atoms with Crippen LogP contribution in [0.4, 0.5) is 0 Å². The molecule has 0 unspecified atom stereocenters. The van der Waals surface area contributed by atoms with Gasteiger partial charge in [0.05, 0.1) is 5.56 Å². The Bertz CT molecular complexity index is 903. The molecule has 0 spiro atoms. The average Bonchev–Trinajstić information content (AvgIpc) is 3.27. The van der Waals surface area contributed by atoms with Crippen LogP contribution in [0.2, 0.25) is 0 Å². The van der Waals surface area contributed by atoms with E-state index >= 15 is 0 Å². The lowest BCUT2D eigenvalue weighted by atomic mass is 10.0. The number of nitrogens with zero attached hydrogens (tertiary/aromatic N) is 1. The molecule has 1 amide bonds. The van der Waals surface area contributed by atoms with Gasteiger partial charge in [0, 0.05) is 24.6 Å². The van der Waals surface area contributed by atoms with Gasteiger partial charge in [-0.3, -0.25) is 4.79 Å². The van der Waals surface area contributed by atoms with Gasteiger partial charge in [-0.1, -0.05) is 37.3 Å². The highest BCUT2D eigenvalue weighted by Crippen LogP contribution is 2.14. The van der Waals surface area contributed by atoms with Gasteiger partial charge in [0.15, 0.2) is 6.10 Å². The van der Waals surface area contributed by atoms with Gasteiger partial charge in [0.25, 0.3) is 5.91 Å². The van der Waals surface area contributed by atoms with E-state index in [9.17, 15) is 9.59 Å². The number of aromatic nitrogens is 1. The lowest BCUT2D eigenvalue weighted by molar-refractivity contribution is -0.129. The normalized spacial score (nSPS) is 12.8. The molecule has 0 aliphatic carbocycles. The highest BCUT2D eigenvalue weighted by atomic mass is 16.5. The van der Waals surface area contributed by atoms with Gasteiger partial charge in [-0.15, -0.1) is 0 Å². The summed E-state index contributed by atoms with van der Waals surface area (Å²) in [5.74, 6) is -0.646. The molecule has 3 rings (SSSR count). The molecule has 5 heteroatoms. The number of carbonyl (C=O) groups is 2. The second-order valence-corrected chi connectivity index (χ2v) is 6.74. The molecule has 0 saturated heterocycles. The number of carbonyl (C=O) groups excluding carboxylic acids is 2. The third-order valence-corrected chi connectivity index (χ3v) is 4.61. The van der Waals surface area contributed by atoms with Crippen molar-refractivity contribution in [1.29, 1.82) is 0 Å². The highest BCUT2D eigenvalue weighted by molar-refractivity contribution is 5.92. The summed E-state index contributed by atoms with van der Waals surface area (Å²) in [6, 6.07) is 20.9. The summed E-state index contributed by atoms with van der Waals surface area (Å²) in [5, 5.41) is 2.85. The van der Waals surface area contributed by atoms with Crippen molar-refractivity contribution in [3.63, 3.8) is 0 Å². The Morgan fingerprint density at radius 2 is 1.57 bits per heavy atom. The molecule has 0 bridgehead atoms. The largest absolute Gasteiger partial charge is 0.449 e. The van der Waals surface area contributed by atoms with Crippen molar-refractivity contribution in [3.8, 4) is 5.69 Å². The minimum Gasteiger partial charge on any atom is -0.449 e. The molecule has 2 aromatic carbocycles. The SMILES string of the molecule is C[C@@H](OC(=O)c1ccc(-n2cccc2)cc1)C(=O)NC[C@H](C)c1ccccc1. The number of esters is 1. The number of rotatable bonds is 7. The quantitative estimate of drug-likeness (QED) is 0.635. The maximum Gasteiger partial charge on any atom is 0.338 e. The molecular formula is C23H24N2O3. The van der Waals surface area contributed by atoms with E-state index in [1.54, 1.807) is 19.1 Å². The van der Waals surface area contributed by atoms with E-state index in [-0.39, 0.29) is 11.8 Å². The Hall–Kier alpha value is -3.34. The summed E-state index contributed by atoms with van der Waals surface area (Å²) in [6.45, 7) is 4.10. The zero-order valence-corrected chi connectivity index (χ0v) is 16.0. The number of nitrogens with one attached hydrogen (secondary N) is 1.